The second kappa shape index (κ2) is 4.13. The molecule has 3 N–H and O–H groups in total. The third-order valence-electron chi connectivity index (χ3n) is 3.15. The van der Waals surface area contributed by atoms with Gasteiger partial charge in [0, 0.05) is 25.7 Å². The molecular weight excluding hydrogens is 206 g/mol. The van der Waals surface area contributed by atoms with Crippen LogP contribution in [0.5, 0.6) is 0 Å². The predicted molar refractivity (Wildman–Crippen MR) is 61.0 cm³/mol. The minimum atomic E-state index is -0.0359. The summed E-state index contributed by atoms with van der Waals surface area (Å²) in [5.74, 6) is 0.308. The number of likely N-dealkylation sites (N-methyl/N-ethyl adjacent to an activating group) is 1. The minimum Gasteiger partial charge on any atom is -0.383 e. The van der Waals surface area contributed by atoms with Gasteiger partial charge in [0.25, 0.3) is 5.91 Å². The summed E-state index contributed by atoms with van der Waals surface area (Å²) in [6, 6.07) is 0.380. The van der Waals surface area contributed by atoms with E-state index in [4.69, 9.17) is 5.73 Å². The molecule has 16 heavy (non-hydrogen) atoms. The topological polar surface area (TPSA) is 78.2 Å². The molecule has 0 aromatic carbocycles. The highest BCUT2D eigenvalue weighted by molar-refractivity contribution is 5.98. The standard InChI is InChI=1S/C10H17N5O/c1-7-6-15(4-3-14(7)2)10(16)8-5-12-13-9(8)11/h5,7H,3-4,6H2,1-2H3,(H3,11,12,13). The van der Waals surface area contributed by atoms with Crippen molar-refractivity contribution in [1.29, 1.82) is 0 Å². The molecule has 1 aromatic heterocycles. The van der Waals surface area contributed by atoms with Gasteiger partial charge in [-0.25, -0.2) is 0 Å². The Labute approximate surface area is 94.4 Å². The van der Waals surface area contributed by atoms with Gasteiger partial charge in [-0.2, -0.15) is 5.10 Å². The van der Waals surface area contributed by atoms with E-state index in [9.17, 15) is 4.79 Å². The quantitative estimate of drug-likeness (QED) is 0.689. The van der Waals surface area contributed by atoms with Crippen LogP contribution >= 0.6 is 0 Å². The van der Waals surface area contributed by atoms with E-state index in [-0.39, 0.29) is 5.91 Å². The maximum atomic E-state index is 12.1. The van der Waals surface area contributed by atoms with Crippen LogP contribution < -0.4 is 5.73 Å². The molecule has 2 rings (SSSR count). The molecule has 0 spiro atoms. The smallest absolute Gasteiger partial charge is 0.259 e. The Hall–Kier alpha value is -1.56. The summed E-state index contributed by atoms with van der Waals surface area (Å²) in [5.41, 5.74) is 6.10. The molecule has 88 valence electrons. The average Bonchev–Trinajstić information content (AvgIpc) is 2.67. The number of nitrogens with zero attached hydrogens (tertiary/aromatic N) is 3. The number of amides is 1. The Bertz CT molecular complexity index is 388. The Kier molecular flexibility index (Phi) is 2.82. The third-order valence-corrected chi connectivity index (χ3v) is 3.15. The van der Waals surface area contributed by atoms with Crippen LogP contribution in [0.3, 0.4) is 0 Å². The first-order valence-electron chi connectivity index (χ1n) is 5.38. The number of anilines is 1. The van der Waals surface area contributed by atoms with E-state index in [1.54, 1.807) is 0 Å². The number of aromatic nitrogens is 2. The largest absolute Gasteiger partial charge is 0.383 e. The maximum absolute atomic E-state index is 12.1. The third kappa shape index (κ3) is 1.88. The molecule has 2 heterocycles. The van der Waals surface area contributed by atoms with E-state index in [1.165, 1.54) is 6.20 Å². The first-order valence-corrected chi connectivity index (χ1v) is 5.38. The fraction of sp³-hybridized carbons (Fsp3) is 0.600. The molecule has 0 aliphatic carbocycles. The molecule has 0 bridgehead atoms. The lowest BCUT2D eigenvalue weighted by atomic mass is 10.2. The molecule has 1 unspecified atom stereocenters. The number of nitrogens with one attached hydrogen (secondary N) is 1. The van der Waals surface area contributed by atoms with Gasteiger partial charge in [0.05, 0.1) is 6.20 Å². The molecule has 1 fully saturated rings. The van der Waals surface area contributed by atoms with Crippen LogP contribution in [0.4, 0.5) is 5.82 Å². The van der Waals surface area contributed by atoms with Crippen molar-refractivity contribution in [3.63, 3.8) is 0 Å². The second-order valence-electron chi connectivity index (χ2n) is 4.28. The highest BCUT2D eigenvalue weighted by atomic mass is 16.2. The van der Waals surface area contributed by atoms with Crippen LogP contribution in [0.2, 0.25) is 0 Å². The molecule has 0 saturated carbocycles. The number of rotatable bonds is 1. The number of H-pyrrole nitrogens is 1. The summed E-state index contributed by atoms with van der Waals surface area (Å²) in [6.45, 7) is 4.48. The lowest BCUT2D eigenvalue weighted by Gasteiger charge is -2.37. The molecule has 1 atom stereocenters. The summed E-state index contributed by atoms with van der Waals surface area (Å²) in [6.07, 6.45) is 1.49. The molecule has 6 nitrogen and oxygen atoms in total. The highest BCUT2D eigenvalue weighted by Gasteiger charge is 2.26. The number of nitrogen functional groups attached to an aromatic ring is 1. The van der Waals surface area contributed by atoms with Gasteiger partial charge in [0.2, 0.25) is 0 Å². The van der Waals surface area contributed by atoms with Gasteiger partial charge < -0.3 is 15.5 Å². The molecule has 1 aliphatic heterocycles. The molecule has 1 aliphatic rings. The summed E-state index contributed by atoms with van der Waals surface area (Å²) in [7, 11) is 2.07. The maximum Gasteiger partial charge on any atom is 0.259 e. The van der Waals surface area contributed by atoms with Gasteiger partial charge >= 0.3 is 0 Å². The van der Waals surface area contributed by atoms with Crippen molar-refractivity contribution in [3.8, 4) is 0 Å². The van der Waals surface area contributed by atoms with Gasteiger partial charge in [0.15, 0.2) is 0 Å². The average molecular weight is 223 g/mol. The zero-order chi connectivity index (χ0) is 11.7. The molecular formula is C10H17N5O. The molecule has 1 amide bonds. The van der Waals surface area contributed by atoms with Crippen LogP contribution in [-0.2, 0) is 0 Å². The van der Waals surface area contributed by atoms with E-state index >= 15 is 0 Å². The van der Waals surface area contributed by atoms with E-state index in [2.05, 4.69) is 29.1 Å². The summed E-state index contributed by atoms with van der Waals surface area (Å²) >= 11 is 0. The van der Waals surface area contributed by atoms with Gasteiger partial charge in [-0.15, -0.1) is 0 Å². The highest BCUT2D eigenvalue weighted by Crippen LogP contribution is 2.14. The number of carbonyl (C=O) groups is 1. The SMILES string of the molecule is CC1CN(C(=O)c2cn[nH]c2N)CCN1C. The number of hydrogen-bond acceptors (Lipinski definition) is 4. The first-order chi connectivity index (χ1) is 7.59. The molecule has 6 heteroatoms. The van der Waals surface area contributed by atoms with E-state index in [0.717, 1.165) is 19.6 Å². The van der Waals surface area contributed by atoms with Gasteiger partial charge in [-0.1, -0.05) is 0 Å². The molecule has 1 aromatic rings. The van der Waals surface area contributed by atoms with Crippen molar-refractivity contribution in [2.75, 3.05) is 32.4 Å². The lowest BCUT2D eigenvalue weighted by molar-refractivity contribution is 0.0573. The minimum absolute atomic E-state index is 0.0359. The van der Waals surface area contributed by atoms with E-state index in [1.807, 2.05) is 4.90 Å². The normalized spacial score (nSPS) is 22.4. The molecule has 0 radical (unpaired) electrons. The fourth-order valence-corrected chi connectivity index (χ4v) is 1.87. The zero-order valence-corrected chi connectivity index (χ0v) is 9.60. The monoisotopic (exact) mass is 223 g/mol. The van der Waals surface area contributed by atoms with Gasteiger partial charge in [0.1, 0.15) is 11.4 Å². The fourth-order valence-electron chi connectivity index (χ4n) is 1.87. The zero-order valence-electron chi connectivity index (χ0n) is 9.60. The summed E-state index contributed by atoms with van der Waals surface area (Å²) < 4.78 is 0. The first kappa shape index (κ1) is 10.9. The summed E-state index contributed by atoms with van der Waals surface area (Å²) in [5, 5.41) is 6.34. The Morgan fingerprint density at radius 2 is 2.38 bits per heavy atom. The van der Waals surface area contributed by atoms with E-state index in [0.29, 0.717) is 17.4 Å². The number of hydrogen-bond donors (Lipinski definition) is 2. The number of nitrogens with two attached hydrogens (primary N) is 1. The Morgan fingerprint density at radius 3 is 2.94 bits per heavy atom. The number of aromatic amines is 1. The number of carbonyl (C=O) groups excluding carboxylic acids is 1. The number of piperazine rings is 1. The van der Waals surface area contributed by atoms with Crippen LogP contribution in [0.15, 0.2) is 6.20 Å². The van der Waals surface area contributed by atoms with Crippen molar-refractivity contribution < 1.29 is 4.79 Å². The lowest BCUT2D eigenvalue weighted by Crippen LogP contribution is -2.52. The van der Waals surface area contributed by atoms with Crippen molar-refractivity contribution in [2.24, 2.45) is 0 Å². The Morgan fingerprint density at radius 1 is 1.62 bits per heavy atom. The van der Waals surface area contributed by atoms with Crippen LogP contribution in [0.1, 0.15) is 17.3 Å². The van der Waals surface area contributed by atoms with Gasteiger partial charge in [-0.3, -0.25) is 9.89 Å². The van der Waals surface area contributed by atoms with Crippen molar-refractivity contribution >= 4 is 11.7 Å². The second-order valence-corrected chi connectivity index (χ2v) is 4.28. The molecule has 1 saturated heterocycles. The summed E-state index contributed by atoms with van der Waals surface area (Å²) in [4.78, 5) is 16.2. The van der Waals surface area contributed by atoms with Crippen molar-refractivity contribution in [2.45, 2.75) is 13.0 Å². The van der Waals surface area contributed by atoms with Crippen molar-refractivity contribution in [1.82, 2.24) is 20.0 Å². The van der Waals surface area contributed by atoms with E-state index < -0.39 is 0 Å². The Balaban J connectivity index is 2.09. The van der Waals surface area contributed by atoms with Crippen LogP contribution in [-0.4, -0.2) is 58.6 Å². The van der Waals surface area contributed by atoms with Crippen LogP contribution in [0, 0.1) is 0 Å². The van der Waals surface area contributed by atoms with Crippen molar-refractivity contribution in [3.05, 3.63) is 11.8 Å². The predicted octanol–water partition coefficient (Wildman–Crippen LogP) is -0.232. The van der Waals surface area contributed by atoms with Crippen LogP contribution in [0.25, 0.3) is 0 Å². The van der Waals surface area contributed by atoms with Gasteiger partial charge in [-0.05, 0) is 14.0 Å².